The molecule has 0 aliphatic heterocycles. The van der Waals surface area contributed by atoms with Crippen LogP contribution in [-0.4, -0.2) is 21.2 Å². The maximum atomic E-state index is 10.8. The van der Waals surface area contributed by atoms with Gasteiger partial charge in [-0.05, 0) is 19.1 Å². The van der Waals surface area contributed by atoms with Crippen molar-refractivity contribution in [2.75, 3.05) is 5.43 Å². The molecular weight excluding hydrogens is 340 g/mol. The van der Waals surface area contributed by atoms with Crippen LogP contribution in [0.5, 0.6) is 5.75 Å². The minimum atomic E-state index is -0.644. The van der Waals surface area contributed by atoms with Crippen LogP contribution in [-0.2, 0) is 0 Å². The first-order chi connectivity index (χ1) is 12.0. The van der Waals surface area contributed by atoms with Gasteiger partial charge in [0.15, 0.2) is 5.75 Å². The molecule has 0 saturated heterocycles. The Bertz CT molecular complexity index is 935. The molecule has 0 saturated carbocycles. The van der Waals surface area contributed by atoms with Crippen molar-refractivity contribution < 1.29 is 10.0 Å². The highest BCUT2D eigenvalue weighted by atomic mass is 32.1. The highest BCUT2D eigenvalue weighted by molar-refractivity contribution is 7.14. The van der Waals surface area contributed by atoms with E-state index in [0.717, 1.165) is 11.3 Å². The van der Waals surface area contributed by atoms with Crippen LogP contribution in [0.3, 0.4) is 0 Å². The Balaban J connectivity index is 1.70. The van der Waals surface area contributed by atoms with Gasteiger partial charge >= 0.3 is 5.69 Å². The van der Waals surface area contributed by atoms with E-state index in [1.165, 1.54) is 41.3 Å². The van der Waals surface area contributed by atoms with Gasteiger partial charge in [-0.3, -0.25) is 15.5 Å². The van der Waals surface area contributed by atoms with E-state index in [1.807, 2.05) is 36.6 Å². The second kappa shape index (κ2) is 7.10. The summed E-state index contributed by atoms with van der Waals surface area (Å²) in [5.41, 5.74) is 5.99. The average Bonchev–Trinajstić information content (AvgIpc) is 3.05. The van der Waals surface area contributed by atoms with Crippen LogP contribution in [0.25, 0.3) is 11.3 Å². The van der Waals surface area contributed by atoms with Gasteiger partial charge in [-0.25, -0.2) is 4.98 Å². The number of benzene rings is 2. The Kier molecular flexibility index (Phi) is 4.71. The third kappa shape index (κ3) is 3.99. The smallest absolute Gasteiger partial charge is 0.311 e. The lowest BCUT2D eigenvalue weighted by Gasteiger charge is -1.98. The zero-order valence-electron chi connectivity index (χ0n) is 13.2. The highest BCUT2D eigenvalue weighted by Crippen LogP contribution is 2.26. The second-order valence-electron chi connectivity index (χ2n) is 5.28. The summed E-state index contributed by atoms with van der Waals surface area (Å²) in [5.74, 6) is -0.377. The summed E-state index contributed by atoms with van der Waals surface area (Å²) >= 11 is 1.41. The van der Waals surface area contributed by atoms with Crippen molar-refractivity contribution in [3.05, 3.63) is 69.1 Å². The van der Waals surface area contributed by atoms with Crippen molar-refractivity contribution in [1.82, 2.24) is 4.98 Å². The third-order valence-electron chi connectivity index (χ3n) is 3.42. The van der Waals surface area contributed by atoms with E-state index in [-0.39, 0.29) is 11.4 Å². The van der Waals surface area contributed by atoms with E-state index in [1.54, 1.807) is 0 Å². The zero-order valence-corrected chi connectivity index (χ0v) is 14.0. The standard InChI is InChI=1S/C17H14N4O3S/c1-11-2-5-13(6-3-11)14-10-25-17(19-14)20-18-9-12-4-7-16(22)15(8-12)21(23)24/h2-10,22H,1H3,(H,19,20)/b18-9-. The number of nitrogens with one attached hydrogen (secondary N) is 1. The molecule has 7 nitrogen and oxygen atoms in total. The second-order valence-corrected chi connectivity index (χ2v) is 6.14. The number of aryl methyl sites for hydroxylation is 1. The number of rotatable bonds is 5. The van der Waals surface area contributed by atoms with Crippen molar-refractivity contribution in [2.45, 2.75) is 6.92 Å². The predicted molar refractivity (Wildman–Crippen MR) is 98.3 cm³/mol. The number of hydrazone groups is 1. The molecule has 3 aromatic rings. The summed E-state index contributed by atoms with van der Waals surface area (Å²) in [6, 6.07) is 12.1. The minimum Gasteiger partial charge on any atom is -0.502 e. The number of anilines is 1. The largest absolute Gasteiger partial charge is 0.502 e. The number of thiazole rings is 1. The first-order valence-electron chi connectivity index (χ1n) is 7.32. The molecule has 0 aliphatic rings. The first kappa shape index (κ1) is 16.6. The number of nitro benzene ring substituents is 1. The molecule has 0 amide bonds. The molecule has 0 atom stereocenters. The third-order valence-corrected chi connectivity index (χ3v) is 4.17. The number of nitrogens with zero attached hydrogens (tertiary/aromatic N) is 3. The minimum absolute atomic E-state index is 0.361. The highest BCUT2D eigenvalue weighted by Gasteiger charge is 2.12. The Morgan fingerprint density at radius 3 is 2.76 bits per heavy atom. The maximum Gasteiger partial charge on any atom is 0.311 e. The normalized spacial score (nSPS) is 10.9. The van der Waals surface area contributed by atoms with Gasteiger partial charge in [0.2, 0.25) is 5.13 Å². The number of phenols is 1. The quantitative estimate of drug-likeness (QED) is 0.407. The van der Waals surface area contributed by atoms with Gasteiger partial charge in [-0.15, -0.1) is 11.3 Å². The van der Waals surface area contributed by atoms with Gasteiger partial charge in [0.05, 0.1) is 16.8 Å². The van der Waals surface area contributed by atoms with E-state index in [9.17, 15) is 15.2 Å². The summed E-state index contributed by atoms with van der Waals surface area (Å²) in [6.07, 6.45) is 1.43. The molecule has 126 valence electrons. The summed E-state index contributed by atoms with van der Waals surface area (Å²) < 4.78 is 0. The van der Waals surface area contributed by atoms with Crippen LogP contribution in [0, 0.1) is 17.0 Å². The lowest BCUT2D eigenvalue weighted by molar-refractivity contribution is -0.385. The van der Waals surface area contributed by atoms with Crippen LogP contribution in [0.4, 0.5) is 10.8 Å². The lowest BCUT2D eigenvalue weighted by Crippen LogP contribution is -1.93. The molecule has 0 fully saturated rings. The molecule has 25 heavy (non-hydrogen) atoms. The number of phenolic OH excluding ortho intramolecular Hbond substituents is 1. The fourth-order valence-electron chi connectivity index (χ4n) is 2.11. The lowest BCUT2D eigenvalue weighted by atomic mass is 10.1. The Hall–Kier alpha value is -3.26. The van der Waals surface area contributed by atoms with Crippen LogP contribution in [0.15, 0.2) is 52.9 Å². The fourth-order valence-corrected chi connectivity index (χ4v) is 2.78. The molecule has 0 aliphatic carbocycles. The molecule has 0 spiro atoms. The molecule has 2 N–H and O–H groups in total. The van der Waals surface area contributed by atoms with E-state index >= 15 is 0 Å². The van der Waals surface area contributed by atoms with Crippen LogP contribution >= 0.6 is 11.3 Å². The van der Waals surface area contributed by atoms with Crippen molar-refractivity contribution in [3.8, 4) is 17.0 Å². The molecular formula is C17H14N4O3S. The monoisotopic (exact) mass is 354 g/mol. The van der Waals surface area contributed by atoms with Crippen molar-refractivity contribution >= 4 is 28.4 Å². The molecule has 8 heteroatoms. The number of hydrogen-bond donors (Lipinski definition) is 2. The Morgan fingerprint density at radius 2 is 2.04 bits per heavy atom. The predicted octanol–water partition coefficient (Wildman–Crippen LogP) is 4.18. The van der Waals surface area contributed by atoms with Gasteiger partial charge in [0.1, 0.15) is 0 Å². The summed E-state index contributed by atoms with van der Waals surface area (Å²) in [5, 5.41) is 26.8. The molecule has 0 unspecified atom stereocenters. The first-order valence-corrected chi connectivity index (χ1v) is 8.20. The number of hydrogen-bond acceptors (Lipinski definition) is 7. The topological polar surface area (TPSA) is 101 Å². The van der Waals surface area contributed by atoms with Crippen molar-refractivity contribution in [2.24, 2.45) is 5.10 Å². The maximum absolute atomic E-state index is 10.8. The molecule has 2 aromatic carbocycles. The van der Waals surface area contributed by atoms with E-state index < -0.39 is 4.92 Å². The van der Waals surface area contributed by atoms with E-state index in [2.05, 4.69) is 15.5 Å². The van der Waals surface area contributed by atoms with Crippen molar-refractivity contribution in [1.29, 1.82) is 0 Å². The van der Waals surface area contributed by atoms with Crippen LogP contribution in [0.2, 0.25) is 0 Å². The summed E-state index contributed by atoms with van der Waals surface area (Å²) in [7, 11) is 0. The van der Waals surface area contributed by atoms with E-state index in [0.29, 0.717) is 10.7 Å². The van der Waals surface area contributed by atoms with Gasteiger partial charge in [-0.2, -0.15) is 5.10 Å². The Morgan fingerprint density at radius 1 is 1.28 bits per heavy atom. The molecule has 0 radical (unpaired) electrons. The molecule has 1 aromatic heterocycles. The van der Waals surface area contributed by atoms with Crippen LogP contribution in [0.1, 0.15) is 11.1 Å². The average molecular weight is 354 g/mol. The molecule has 0 bridgehead atoms. The number of nitro groups is 1. The summed E-state index contributed by atoms with van der Waals surface area (Å²) in [4.78, 5) is 14.6. The van der Waals surface area contributed by atoms with Crippen molar-refractivity contribution in [3.63, 3.8) is 0 Å². The van der Waals surface area contributed by atoms with Crippen LogP contribution < -0.4 is 5.43 Å². The van der Waals surface area contributed by atoms with Gasteiger partial charge < -0.3 is 5.11 Å². The van der Waals surface area contributed by atoms with Gasteiger partial charge in [-0.1, -0.05) is 29.8 Å². The van der Waals surface area contributed by atoms with E-state index in [4.69, 9.17) is 0 Å². The SMILES string of the molecule is Cc1ccc(-c2csc(N/N=C\c3ccc(O)c([N+](=O)[O-])c3)n2)cc1. The molecule has 1 heterocycles. The zero-order chi connectivity index (χ0) is 17.8. The molecule has 3 rings (SSSR count). The summed E-state index contributed by atoms with van der Waals surface area (Å²) in [6.45, 7) is 2.03. The van der Waals surface area contributed by atoms with Gasteiger partial charge in [0.25, 0.3) is 0 Å². The Labute approximate surface area is 147 Å². The fraction of sp³-hybridized carbons (Fsp3) is 0.0588. The number of aromatic hydroxyl groups is 1. The van der Waals surface area contributed by atoms with Gasteiger partial charge in [0, 0.05) is 22.6 Å². The number of aromatic nitrogens is 1.